The minimum Gasteiger partial charge on any atom is -0.459 e. The van der Waals surface area contributed by atoms with Crippen LogP contribution in [0.25, 0.3) is 111 Å². The zero-order valence-corrected chi connectivity index (χ0v) is 59.3. The summed E-state index contributed by atoms with van der Waals surface area (Å²) in [4.78, 5) is 5.21. The van der Waals surface area contributed by atoms with Gasteiger partial charge in [-0.2, -0.15) is 0 Å². The van der Waals surface area contributed by atoms with Crippen molar-refractivity contribution in [1.82, 2.24) is 0 Å². The fraction of sp³-hybridized carbons (Fsp3) is 0.0400. The molecule has 4 aliphatic heterocycles. The second-order valence-electron chi connectivity index (χ2n) is 29.7. The van der Waals surface area contributed by atoms with E-state index < -0.39 is 6.71 Å². The molecule has 0 spiro atoms. The summed E-state index contributed by atoms with van der Waals surface area (Å²) in [6, 6.07) is 131. The van der Waals surface area contributed by atoms with Crippen molar-refractivity contribution in [1.29, 1.82) is 0 Å². The third-order valence-corrected chi connectivity index (χ3v) is 22.5. The van der Waals surface area contributed by atoms with Gasteiger partial charge >= 0.3 is 0 Å². The molecule has 0 radical (unpaired) electrons. The molecule has 0 atom stereocenters. The molecule has 4 aliphatic rings. The molecule has 0 saturated heterocycles. The largest absolute Gasteiger partial charge is 0.459 e. The quantitative estimate of drug-likeness (QED) is 0.128. The Kier molecular flexibility index (Phi) is 14.3. The highest BCUT2D eigenvalue weighted by Gasteiger charge is 2.51. The first kappa shape index (κ1) is 62.2. The van der Waals surface area contributed by atoms with E-state index in [1.165, 1.54) is 11.0 Å². The molecule has 17 aromatic rings. The van der Waals surface area contributed by atoms with Crippen LogP contribution in [0.3, 0.4) is 0 Å². The van der Waals surface area contributed by atoms with Crippen LogP contribution in [-0.4, -0.2) is 13.4 Å². The van der Waals surface area contributed by atoms with E-state index >= 15 is 0 Å². The molecule has 1 aromatic heterocycles. The predicted octanol–water partition coefficient (Wildman–Crippen LogP) is 23.0. The van der Waals surface area contributed by atoms with Gasteiger partial charge in [0.05, 0.1) is 11.4 Å². The van der Waals surface area contributed by atoms with Gasteiger partial charge in [0.2, 0.25) is 0 Å². The zero-order valence-electron chi connectivity index (χ0n) is 59.3. The van der Waals surface area contributed by atoms with Crippen molar-refractivity contribution in [3.8, 4) is 112 Å². The maximum absolute atomic E-state index is 8.20. The molecule has 0 amide bonds. The number of benzene rings is 16. The van der Waals surface area contributed by atoms with E-state index in [9.17, 15) is 0 Å². The molecule has 0 fully saturated rings. The lowest BCUT2D eigenvalue weighted by atomic mass is 9.30. The van der Waals surface area contributed by atoms with Gasteiger partial charge < -0.3 is 23.7 Å². The van der Waals surface area contributed by atoms with Gasteiger partial charge in [0.15, 0.2) is 0 Å². The molecule has 0 bridgehead atoms. The van der Waals surface area contributed by atoms with Gasteiger partial charge in [-0.1, -0.05) is 312 Å². The third-order valence-electron chi connectivity index (χ3n) is 22.5. The van der Waals surface area contributed by atoms with Gasteiger partial charge in [0.25, 0.3) is 13.4 Å². The molecule has 502 valence electrons. The van der Waals surface area contributed by atoms with Crippen LogP contribution in [0.4, 0.5) is 34.1 Å². The summed E-state index contributed by atoms with van der Waals surface area (Å²) in [5.74, 6) is 3.08. The van der Waals surface area contributed by atoms with E-state index in [4.69, 9.17) is 13.9 Å². The van der Waals surface area contributed by atoms with Crippen LogP contribution in [0.15, 0.2) is 362 Å². The van der Waals surface area contributed by atoms with Gasteiger partial charge in [-0.3, -0.25) is 0 Å². The molecule has 0 unspecified atom stereocenters. The minimum absolute atomic E-state index is 0.341. The van der Waals surface area contributed by atoms with Gasteiger partial charge in [-0.15, -0.1) is 0 Å². The summed E-state index contributed by atoms with van der Waals surface area (Å²) >= 11 is 0. The normalized spacial score (nSPS) is 12.9. The van der Waals surface area contributed by atoms with Crippen molar-refractivity contribution < 1.29 is 13.9 Å². The number of rotatable bonds is 10. The van der Waals surface area contributed by atoms with Crippen LogP contribution in [0, 0.1) is 0 Å². The summed E-state index contributed by atoms with van der Waals surface area (Å²) in [5.41, 5.74) is 32.8. The van der Waals surface area contributed by atoms with Gasteiger partial charge in [-0.05, 0) is 166 Å². The number of para-hydroxylation sites is 2. The van der Waals surface area contributed by atoms with Crippen LogP contribution < -0.4 is 52.1 Å². The maximum atomic E-state index is 8.20. The Morgan fingerprint density at radius 1 is 0.252 bits per heavy atom. The fourth-order valence-corrected chi connectivity index (χ4v) is 17.4. The zero-order chi connectivity index (χ0) is 71.0. The van der Waals surface area contributed by atoms with Crippen molar-refractivity contribution in [2.24, 2.45) is 0 Å². The van der Waals surface area contributed by atoms with Crippen LogP contribution in [0.1, 0.15) is 26.3 Å². The number of nitrogens with zero attached hydrogens (tertiary/aromatic N) is 2. The van der Waals surface area contributed by atoms with Crippen molar-refractivity contribution >= 4 is 102 Å². The first-order valence-corrected chi connectivity index (χ1v) is 37.1. The van der Waals surface area contributed by atoms with Crippen molar-refractivity contribution in [3.05, 3.63) is 363 Å². The number of anilines is 6. The summed E-state index contributed by atoms with van der Waals surface area (Å²) in [6.45, 7) is 6.30. The molecule has 0 aliphatic carbocycles. The van der Waals surface area contributed by atoms with E-state index in [1.54, 1.807) is 0 Å². The van der Waals surface area contributed by atoms with E-state index in [-0.39, 0.29) is 12.1 Å². The number of hydrogen-bond acceptors (Lipinski definition) is 5. The summed E-state index contributed by atoms with van der Waals surface area (Å²) in [7, 11) is 0. The lowest BCUT2D eigenvalue weighted by Crippen LogP contribution is -2.65. The molecule has 0 N–H and O–H groups in total. The van der Waals surface area contributed by atoms with Gasteiger partial charge in [0.1, 0.15) is 34.2 Å². The number of hydrogen-bond donors (Lipinski definition) is 0. The minimum atomic E-state index is -0.401. The van der Waals surface area contributed by atoms with Gasteiger partial charge in [0, 0.05) is 67.3 Å². The van der Waals surface area contributed by atoms with Crippen molar-refractivity contribution in [2.75, 3.05) is 9.80 Å². The Hall–Kier alpha value is -13.4. The van der Waals surface area contributed by atoms with Crippen molar-refractivity contribution in [2.45, 2.75) is 26.2 Å². The smallest absolute Gasteiger partial charge is 0.260 e. The predicted molar refractivity (Wildman–Crippen MR) is 448 cm³/mol. The Bertz CT molecular complexity index is 6420. The summed E-state index contributed by atoms with van der Waals surface area (Å²) < 4.78 is 23.3. The molecular weight excluding hydrogens is 1300 g/mol. The van der Waals surface area contributed by atoms with Crippen molar-refractivity contribution in [3.63, 3.8) is 0 Å². The highest BCUT2D eigenvalue weighted by molar-refractivity contribution is 7.03. The van der Waals surface area contributed by atoms with E-state index in [1.807, 2.05) is 0 Å². The monoisotopic (exact) mass is 1370 g/mol. The summed E-state index contributed by atoms with van der Waals surface area (Å²) in [6.07, 6.45) is 0. The van der Waals surface area contributed by atoms with E-state index in [0.29, 0.717) is 0 Å². The lowest BCUT2D eigenvalue weighted by molar-refractivity contribution is 0.468. The third kappa shape index (κ3) is 10.2. The molecule has 16 aromatic carbocycles. The second-order valence-corrected chi connectivity index (χ2v) is 29.7. The van der Waals surface area contributed by atoms with Crippen LogP contribution >= 0.6 is 0 Å². The Morgan fingerprint density at radius 2 is 0.692 bits per heavy atom. The SMILES string of the molecule is CC(C)(C)c1cc2c3c(c1)N(c1ccc(-c4ccccc4)cc1-c1ccccc1)c1cc4c5c(c1B3c1ccc(-c3ccccc3)cc1N2c1ccc(-c2ccccc2)cc1-c1ccccc1)Oc1cc(-c2ccccc2)ccc1B5c1cc(-c2ccccc2)cc(-c2cccc3c2oc2ccccc23)c1O4. The highest BCUT2D eigenvalue weighted by Crippen LogP contribution is 2.54. The summed E-state index contributed by atoms with van der Waals surface area (Å²) in [5, 5.41) is 2.12. The van der Waals surface area contributed by atoms with E-state index in [2.05, 4.69) is 388 Å². The average Bonchev–Trinajstić information content (AvgIpc) is 0.987. The number of ether oxygens (including phenoxy) is 2. The Balaban J connectivity index is 0.911. The molecular formula is C100H68B2N2O3. The Labute approximate surface area is 623 Å². The Morgan fingerprint density at radius 3 is 1.24 bits per heavy atom. The second kappa shape index (κ2) is 24.7. The molecule has 107 heavy (non-hydrogen) atoms. The average molecular weight is 1370 g/mol. The molecule has 7 heteroatoms. The number of furan rings is 1. The van der Waals surface area contributed by atoms with Crippen LogP contribution in [0.5, 0.6) is 23.0 Å². The van der Waals surface area contributed by atoms with E-state index in [0.717, 1.165) is 195 Å². The highest BCUT2D eigenvalue weighted by atomic mass is 16.5. The standard InChI is InChI=1S/C100H68B2N2O3/c1-100(2,3)75-60-88-94-89(61-75)104(86-53-49-71(64-30-13-5-14-31-64)55-80(86)69-40-23-10-24-41-69)90-62-93-96-99(95(90)102(94)82-50-46-72(65-32-15-6-16-33-65)58-87(82)103(88)85-52-48-70(63-28-11-4-12-29-63)54-79(85)68-38-21-9-22-39-68)106-92-59-73(66-34-17-7-18-35-66)47-51-83(92)101(96)84-57-74(67-36-19-8-20-37-67)56-81(98(84)107-93)78-44-27-43-77-76-42-25-26-45-91(76)105-97(77)78/h4-62H,1-3H3. The lowest BCUT2D eigenvalue weighted by Gasteiger charge is -2.47. The molecule has 0 saturated carbocycles. The molecule has 21 rings (SSSR count). The topological polar surface area (TPSA) is 38.1 Å². The first-order valence-electron chi connectivity index (χ1n) is 37.1. The van der Waals surface area contributed by atoms with Gasteiger partial charge in [-0.25, -0.2) is 0 Å². The fourth-order valence-electron chi connectivity index (χ4n) is 17.4. The number of fused-ring (bicyclic) bond motifs is 12. The van der Waals surface area contributed by atoms with Crippen LogP contribution in [-0.2, 0) is 5.41 Å². The maximum Gasteiger partial charge on any atom is 0.260 e. The van der Waals surface area contributed by atoms with Crippen LogP contribution in [0.2, 0.25) is 0 Å². The molecule has 5 nitrogen and oxygen atoms in total. The first-order chi connectivity index (χ1) is 52.7. The molecule has 5 heterocycles.